The van der Waals surface area contributed by atoms with E-state index in [-0.39, 0.29) is 0 Å². The minimum atomic E-state index is -0.859. The summed E-state index contributed by atoms with van der Waals surface area (Å²) in [6, 6.07) is 8.29. The summed E-state index contributed by atoms with van der Waals surface area (Å²) in [6.07, 6.45) is 0. The van der Waals surface area contributed by atoms with Crippen LogP contribution in [0.2, 0.25) is 29.6 Å². The summed E-state index contributed by atoms with van der Waals surface area (Å²) < 4.78 is 1.47. The van der Waals surface area contributed by atoms with Gasteiger partial charge in [-0.05, 0) is 0 Å². The standard InChI is InChI=1S/C10H15ClSeSi/c1-13(2,3)8-12-10-6-4-9(11)5-7-10/h4-7H,8H2,1-3H3. The van der Waals surface area contributed by atoms with E-state index >= 15 is 0 Å². The third kappa shape index (κ3) is 4.87. The molecule has 3 heteroatoms. The Labute approximate surface area is 92.9 Å². The summed E-state index contributed by atoms with van der Waals surface area (Å²) in [5.74, 6) is 0. The summed E-state index contributed by atoms with van der Waals surface area (Å²) in [7, 11) is -0.859. The summed E-state index contributed by atoms with van der Waals surface area (Å²) in [4.78, 5) is 1.42. The van der Waals surface area contributed by atoms with Gasteiger partial charge in [-0.15, -0.1) is 0 Å². The number of hydrogen-bond donors (Lipinski definition) is 0. The first-order valence-corrected chi connectivity index (χ1v) is 10.5. The van der Waals surface area contributed by atoms with E-state index in [0.717, 1.165) is 5.02 Å². The van der Waals surface area contributed by atoms with Gasteiger partial charge in [-0.1, -0.05) is 0 Å². The fraction of sp³-hybridized carbons (Fsp3) is 0.400. The Bertz CT molecular complexity index is 263. The van der Waals surface area contributed by atoms with Gasteiger partial charge in [0.2, 0.25) is 0 Å². The van der Waals surface area contributed by atoms with Crippen molar-refractivity contribution in [3.63, 3.8) is 0 Å². The van der Waals surface area contributed by atoms with Gasteiger partial charge in [-0.2, -0.15) is 0 Å². The number of benzene rings is 1. The SMILES string of the molecule is C[Si](C)(C)C[Se]c1ccc(Cl)cc1. The van der Waals surface area contributed by atoms with E-state index in [4.69, 9.17) is 11.6 Å². The van der Waals surface area contributed by atoms with Crippen LogP contribution in [0, 0.1) is 0 Å². The second kappa shape index (κ2) is 4.65. The molecule has 0 amide bonds. The van der Waals surface area contributed by atoms with Crippen molar-refractivity contribution < 1.29 is 0 Å². The van der Waals surface area contributed by atoms with Crippen LogP contribution in [0.4, 0.5) is 0 Å². The fourth-order valence-electron chi connectivity index (χ4n) is 0.831. The van der Waals surface area contributed by atoms with Gasteiger partial charge in [0.05, 0.1) is 0 Å². The van der Waals surface area contributed by atoms with Crippen molar-refractivity contribution in [1.29, 1.82) is 0 Å². The molecule has 72 valence electrons. The number of rotatable bonds is 3. The molecule has 0 heterocycles. The van der Waals surface area contributed by atoms with Crippen LogP contribution in [-0.2, 0) is 0 Å². The summed E-state index contributed by atoms with van der Waals surface area (Å²) >= 11 is 6.47. The molecular formula is C10H15ClSeSi. The minimum absolute atomic E-state index is 0.648. The molecule has 0 aliphatic heterocycles. The molecule has 0 aliphatic carbocycles. The van der Waals surface area contributed by atoms with Crippen LogP contribution in [-0.4, -0.2) is 23.0 Å². The van der Waals surface area contributed by atoms with Crippen LogP contribution in [0.15, 0.2) is 24.3 Å². The first kappa shape index (κ1) is 11.3. The molecule has 1 aromatic rings. The third-order valence-electron chi connectivity index (χ3n) is 1.49. The van der Waals surface area contributed by atoms with Gasteiger partial charge in [0.1, 0.15) is 0 Å². The van der Waals surface area contributed by atoms with E-state index in [2.05, 4.69) is 31.8 Å². The molecule has 0 saturated carbocycles. The number of halogens is 1. The Morgan fingerprint density at radius 3 is 2.15 bits per heavy atom. The van der Waals surface area contributed by atoms with Crippen molar-refractivity contribution in [3.8, 4) is 0 Å². The molecule has 0 nitrogen and oxygen atoms in total. The van der Waals surface area contributed by atoms with E-state index in [1.165, 1.54) is 9.40 Å². The van der Waals surface area contributed by atoms with Gasteiger partial charge < -0.3 is 0 Å². The van der Waals surface area contributed by atoms with Crippen molar-refractivity contribution in [3.05, 3.63) is 29.3 Å². The number of hydrogen-bond acceptors (Lipinski definition) is 0. The van der Waals surface area contributed by atoms with E-state index in [9.17, 15) is 0 Å². The Morgan fingerprint density at radius 1 is 1.15 bits per heavy atom. The maximum atomic E-state index is 5.82. The maximum absolute atomic E-state index is 5.82. The van der Waals surface area contributed by atoms with Crippen LogP contribution in [0.5, 0.6) is 0 Å². The van der Waals surface area contributed by atoms with Crippen molar-refractivity contribution >= 4 is 39.1 Å². The van der Waals surface area contributed by atoms with Crippen LogP contribution in [0.25, 0.3) is 0 Å². The molecule has 0 N–H and O–H groups in total. The average Bonchev–Trinajstić information content (AvgIpc) is 2.02. The summed E-state index contributed by atoms with van der Waals surface area (Å²) in [5, 5.41) is 0.840. The van der Waals surface area contributed by atoms with Crippen LogP contribution >= 0.6 is 11.6 Å². The monoisotopic (exact) mass is 278 g/mol. The molecule has 0 aliphatic rings. The van der Waals surface area contributed by atoms with Crippen LogP contribution in [0.1, 0.15) is 0 Å². The van der Waals surface area contributed by atoms with E-state index < -0.39 is 8.07 Å². The zero-order valence-corrected chi connectivity index (χ0v) is 11.8. The molecule has 0 atom stereocenters. The molecular weight excluding hydrogens is 263 g/mol. The molecule has 13 heavy (non-hydrogen) atoms. The summed E-state index contributed by atoms with van der Waals surface area (Å²) in [6.45, 7) is 7.26. The van der Waals surface area contributed by atoms with E-state index in [1.54, 1.807) is 0 Å². The first-order chi connectivity index (χ1) is 5.97. The van der Waals surface area contributed by atoms with Crippen LogP contribution < -0.4 is 4.46 Å². The third-order valence-corrected chi connectivity index (χ3v) is 10.4. The van der Waals surface area contributed by atoms with Crippen LogP contribution in [0.3, 0.4) is 0 Å². The topological polar surface area (TPSA) is 0 Å². The quantitative estimate of drug-likeness (QED) is 0.745. The zero-order chi connectivity index (χ0) is 9.90. The molecule has 0 fully saturated rings. The van der Waals surface area contributed by atoms with E-state index in [1.807, 2.05) is 12.1 Å². The Balaban J connectivity index is 2.51. The second-order valence-electron chi connectivity index (χ2n) is 4.30. The molecule has 0 spiro atoms. The summed E-state index contributed by atoms with van der Waals surface area (Å²) in [5.41, 5.74) is 0. The van der Waals surface area contributed by atoms with Gasteiger partial charge >= 0.3 is 93.0 Å². The fourth-order valence-corrected chi connectivity index (χ4v) is 6.02. The van der Waals surface area contributed by atoms with Crippen molar-refractivity contribution in [2.24, 2.45) is 0 Å². The Hall–Kier alpha value is 0.246. The molecule has 0 bridgehead atoms. The molecule has 1 aromatic carbocycles. The molecule has 0 unspecified atom stereocenters. The molecule has 0 aromatic heterocycles. The predicted octanol–water partition coefficient (Wildman–Crippen LogP) is 2.97. The van der Waals surface area contributed by atoms with Gasteiger partial charge in [0, 0.05) is 0 Å². The first-order valence-electron chi connectivity index (χ1n) is 4.36. The van der Waals surface area contributed by atoms with Crippen molar-refractivity contribution in [1.82, 2.24) is 0 Å². The molecule has 0 radical (unpaired) electrons. The normalized spacial score (nSPS) is 11.7. The van der Waals surface area contributed by atoms with E-state index in [0.29, 0.717) is 15.0 Å². The Morgan fingerprint density at radius 2 is 1.69 bits per heavy atom. The van der Waals surface area contributed by atoms with Gasteiger partial charge in [0.25, 0.3) is 0 Å². The van der Waals surface area contributed by atoms with Crippen molar-refractivity contribution in [2.45, 2.75) is 24.6 Å². The second-order valence-corrected chi connectivity index (χ2v) is 13.6. The van der Waals surface area contributed by atoms with Gasteiger partial charge in [0.15, 0.2) is 0 Å². The van der Waals surface area contributed by atoms with Gasteiger partial charge in [-0.3, -0.25) is 0 Å². The Kier molecular flexibility index (Phi) is 4.05. The average molecular weight is 278 g/mol. The zero-order valence-electron chi connectivity index (χ0n) is 8.30. The molecule has 0 saturated heterocycles. The van der Waals surface area contributed by atoms with Gasteiger partial charge in [-0.25, -0.2) is 0 Å². The van der Waals surface area contributed by atoms with Crippen molar-refractivity contribution in [2.75, 3.05) is 0 Å². The predicted molar refractivity (Wildman–Crippen MR) is 65.0 cm³/mol. The molecule has 1 rings (SSSR count).